The van der Waals surface area contributed by atoms with Crippen LogP contribution in [0.15, 0.2) is 35.2 Å². The Bertz CT molecular complexity index is 682. The molecule has 1 heterocycles. The van der Waals surface area contributed by atoms with E-state index in [-0.39, 0.29) is 24.4 Å². The molecule has 5 nitrogen and oxygen atoms in total. The number of hydrogen-bond donors (Lipinski definition) is 1. The molecule has 144 valence electrons. The molecule has 1 saturated carbocycles. The lowest BCUT2D eigenvalue weighted by molar-refractivity contribution is -0.126. The minimum atomic E-state index is -3.52. The second-order valence-corrected chi connectivity index (χ2v) is 9.50. The summed E-state index contributed by atoms with van der Waals surface area (Å²) in [6.45, 7) is 0.778. The molecular weight excluding hydrogens is 348 g/mol. The van der Waals surface area contributed by atoms with Gasteiger partial charge in [-0.3, -0.25) is 4.79 Å². The summed E-state index contributed by atoms with van der Waals surface area (Å²) in [6.07, 6.45) is 9.73. The van der Waals surface area contributed by atoms with Crippen LogP contribution in [0.3, 0.4) is 0 Å². The third-order valence-electron chi connectivity index (χ3n) is 5.59. The summed E-state index contributed by atoms with van der Waals surface area (Å²) in [4.78, 5) is 13.0. The highest BCUT2D eigenvalue weighted by molar-refractivity contribution is 7.89. The van der Waals surface area contributed by atoms with Gasteiger partial charge in [-0.2, -0.15) is 4.31 Å². The third kappa shape index (κ3) is 4.86. The highest BCUT2D eigenvalue weighted by Gasteiger charge is 2.33. The fourth-order valence-corrected chi connectivity index (χ4v) is 5.58. The number of nitrogens with zero attached hydrogens (tertiary/aromatic N) is 1. The molecule has 6 heteroatoms. The van der Waals surface area contributed by atoms with Gasteiger partial charge in [0.15, 0.2) is 0 Å². The number of rotatable bonds is 4. The van der Waals surface area contributed by atoms with Crippen LogP contribution in [-0.4, -0.2) is 37.8 Å². The smallest absolute Gasteiger partial charge is 0.243 e. The van der Waals surface area contributed by atoms with E-state index in [1.54, 1.807) is 30.3 Å². The quantitative estimate of drug-likeness (QED) is 0.874. The molecule has 2 aliphatic rings. The zero-order valence-electron chi connectivity index (χ0n) is 15.4. The van der Waals surface area contributed by atoms with Gasteiger partial charge in [0.05, 0.1) is 10.8 Å². The molecule has 1 amide bonds. The van der Waals surface area contributed by atoms with Crippen molar-refractivity contribution >= 4 is 15.9 Å². The largest absolute Gasteiger partial charge is 0.353 e. The summed E-state index contributed by atoms with van der Waals surface area (Å²) in [6, 6.07) is 8.76. The number of hydrogen-bond acceptors (Lipinski definition) is 3. The molecule has 0 radical (unpaired) electrons. The zero-order chi connectivity index (χ0) is 18.4. The molecule has 0 spiro atoms. The number of sulfonamides is 1. The summed E-state index contributed by atoms with van der Waals surface area (Å²) < 4.78 is 27.1. The van der Waals surface area contributed by atoms with Crippen molar-refractivity contribution in [2.45, 2.75) is 68.7 Å². The van der Waals surface area contributed by atoms with Crippen molar-refractivity contribution in [1.29, 1.82) is 0 Å². The van der Waals surface area contributed by atoms with Crippen molar-refractivity contribution in [2.24, 2.45) is 5.92 Å². The lowest BCUT2D eigenvalue weighted by atomic mass is 9.94. The Kier molecular flexibility index (Phi) is 6.70. The van der Waals surface area contributed by atoms with E-state index in [4.69, 9.17) is 0 Å². The summed E-state index contributed by atoms with van der Waals surface area (Å²) in [5, 5.41) is 3.21. The molecule has 1 unspecified atom stereocenters. The van der Waals surface area contributed by atoms with Gasteiger partial charge < -0.3 is 5.32 Å². The van der Waals surface area contributed by atoms with E-state index in [9.17, 15) is 13.2 Å². The Morgan fingerprint density at radius 1 is 0.923 bits per heavy atom. The van der Waals surface area contributed by atoms with Crippen LogP contribution in [0, 0.1) is 5.92 Å². The fraction of sp³-hybridized carbons (Fsp3) is 0.650. The predicted molar refractivity (Wildman–Crippen MR) is 102 cm³/mol. The van der Waals surface area contributed by atoms with Crippen LogP contribution < -0.4 is 5.32 Å². The van der Waals surface area contributed by atoms with Gasteiger partial charge in [0, 0.05) is 19.1 Å². The molecule has 1 aliphatic carbocycles. The van der Waals surface area contributed by atoms with Gasteiger partial charge in [-0.05, 0) is 37.8 Å². The van der Waals surface area contributed by atoms with Crippen LogP contribution in [-0.2, 0) is 14.8 Å². The van der Waals surface area contributed by atoms with Crippen LogP contribution in [0.1, 0.15) is 57.8 Å². The van der Waals surface area contributed by atoms with Crippen molar-refractivity contribution < 1.29 is 13.2 Å². The second-order valence-electron chi connectivity index (χ2n) is 7.57. The molecule has 1 N–H and O–H groups in total. The van der Waals surface area contributed by atoms with E-state index >= 15 is 0 Å². The van der Waals surface area contributed by atoms with Crippen molar-refractivity contribution in [2.75, 3.05) is 13.1 Å². The maximum absolute atomic E-state index is 12.8. The second kappa shape index (κ2) is 9.00. The molecule has 26 heavy (non-hydrogen) atoms. The number of nitrogens with one attached hydrogen (secondary N) is 1. The Morgan fingerprint density at radius 2 is 1.58 bits per heavy atom. The first-order valence-electron chi connectivity index (χ1n) is 9.93. The maximum Gasteiger partial charge on any atom is 0.243 e. The first kappa shape index (κ1) is 19.4. The molecule has 1 aromatic carbocycles. The Labute approximate surface area is 157 Å². The van der Waals surface area contributed by atoms with Crippen molar-refractivity contribution in [3.63, 3.8) is 0 Å². The molecular formula is C20H30N2O3S. The summed E-state index contributed by atoms with van der Waals surface area (Å²) >= 11 is 0. The van der Waals surface area contributed by atoms with Gasteiger partial charge in [-0.25, -0.2) is 8.42 Å². The minimum Gasteiger partial charge on any atom is -0.353 e. The summed E-state index contributed by atoms with van der Waals surface area (Å²) in [7, 11) is -3.52. The Morgan fingerprint density at radius 3 is 2.27 bits per heavy atom. The molecule has 0 aromatic heterocycles. The van der Waals surface area contributed by atoms with Gasteiger partial charge >= 0.3 is 0 Å². The Hall–Kier alpha value is -1.40. The Balaban J connectivity index is 1.61. The number of benzene rings is 1. The number of carbonyl (C=O) groups is 1. The van der Waals surface area contributed by atoms with Crippen LogP contribution in [0.4, 0.5) is 0 Å². The third-order valence-corrected chi connectivity index (χ3v) is 7.47. The highest BCUT2D eigenvalue weighted by Crippen LogP contribution is 2.24. The normalized spacial score (nSPS) is 23.8. The van der Waals surface area contributed by atoms with E-state index in [1.165, 1.54) is 36.4 Å². The first-order valence-corrected chi connectivity index (χ1v) is 11.4. The maximum atomic E-state index is 12.8. The lowest BCUT2D eigenvalue weighted by Crippen LogP contribution is -2.47. The zero-order valence-corrected chi connectivity index (χ0v) is 16.2. The fourth-order valence-electron chi connectivity index (χ4n) is 4.04. The van der Waals surface area contributed by atoms with Crippen molar-refractivity contribution in [1.82, 2.24) is 9.62 Å². The predicted octanol–water partition coefficient (Wildman–Crippen LogP) is 3.32. The molecule has 1 atom stereocenters. The minimum absolute atomic E-state index is 0.0311. The molecule has 0 bridgehead atoms. The van der Waals surface area contributed by atoms with Crippen LogP contribution in [0.2, 0.25) is 0 Å². The van der Waals surface area contributed by atoms with Crippen LogP contribution >= 0.6 is 0 Å². The van der Waals surface area contributed by atoms with Gasteiger partial charge in [0.2, 0.25) is 15.9 Å². The van der Waals surface area contributed by atoms with E-state index in [2.05, 4.69) is 5.32 Å². The van der Waals surface area contributed by atoms with Crippen molar-refractivity contribution in [3.8, 4) is 0 Å². The molecule has 2 fully saturated rings. The molecule has 1 saturated heterocycles. The number of piperidine rings is 1. The molecule has 3 rings (SSSR count). The monoisotopic (exact) mass is 378 g/mol. The topological polar surface area (TPSA) is 66.5 Å². The molecule has 1 aromatic rings. The van der Waals surface area contributed by atoms with Crippen LogP contribution in [0.25, 0.3) is 0 Å². The van der Waals surface area contributed by atoms with Gasteiger partial charge in [-0.1, -0.05) is 50.3 Å². The SMILES string of the molecule is O=C(NC1CCCCCCC1)C1CCCN(S(=O)(=O)c2ccccc2)C1. The summed E-state index contributed by atoms with van der Waals surface area (Å²) in [5.41, 5.74) is 0. The van der Waals surface area contributed by atoms with E-state index in [0.29, 0.717) is 11.4 Å². The number of carbonyl (C=O) groups excluding carboxylic acids is 1. The molecule has 1 aliphatic heterocycles. The van der Waals surface area contributed by atoms with E-state index < -0.39 is 10.0 Å². The summed E-state index contributed by atoms with van der Waals surface area (Å²) in [5.74, 6) is -0.212. The first-order chi connectivity index (χ1) is 12.6. The number of amides is 1. The van der Waals surface area contributed by atoms with Gasteiger partial charge in [0.1, 0.15) is 0 Å². The standard InChI is InChI=1S/C20H30N2O3S/c23-20(21-18-11-5-2-1-3-6-12-18)17-10-9-15-22(16-17)26(24,25)19-13-7-4-8-14-19/h4,7-8,13-14,17-18H,1-3,5-6,9-12,15-16H2,(H,21,23). The lowest BCUT2D eigenvalue weighted by Gasteiger charge is -2.32. The van der Waals surface area contributed by atoms with E-state index in [1.807, 2.05) is 0 Å². The van der Waals surface area contributed by atoms with Crippen LogP contribution in [0.5, 0.6) is 0 Å². The van der Waals surface area contributed by atoms with Gasteiger partial charge in [0.25, 0.3) is 0 Å². The highest BCUT2D eigenvalue weighted by atomic mass is 32.2. The average Bonchev–Trinajstić information content (AvgIpc) is 2.64. The van der Waals surface area contributed by atoms with E-state index in [0.717, 1.165) is 25.7 Å². The van der Waals surface area contributed by atoms with Gasteiger partial charge in [-0.15, -0.1) is 0 Å². The average molecular weight is 379 g/mol. The van der Waals surface area contributed by atoms with Crippen molar-refractivity contribution in [3.05, 3.63) is 30.3 Å².